The van der Waals surface area contributed by atoms with Gasteiger partial charge < -0.3 is 14.6 Å². The molecule has 0 aliphatic carbocycles. The molecule has 0 saturated heterocycles. The van der Waals surface area contributed by atoms with E-state index in [0.29, 0.717) is 27.2 Å². The number of halogens is 1. The van der Waals surface area contributed by atoms with E-state index in [1.54, 1.807) is 19.2 Å². The van der Waals surface area contributed by atoms with E-state index in [1.807, 2.05) is 0 Å². The zero-order chi connectivity index (χ0) is 13.1. The second kappa shape index (κ2) is 5.36. The average Bonchev–Trinajstić information content (AvgIpc) is 2.91. The minimum atomic E-state index is -0.916. The summed E-state index contributed by atoms with van der Waals surface area (Å²) in [6.07, 6.45) is 0.545. The topological polar surface area (TPSA) is 80.3 Å². The van der Waals surface area contributed by atoms with Crippen molar-refractivity contribution >= 4 is 15.9 Å². The van der Waals surface area contributed by atoms with Gasteiger partial charge in [-0.1, -0.05) is 0 Å². The second-order valence-corrected chi connectivity index (χ2v) is 4.29. The molecule has 0 aliphatic rings. The van der Waals surface area contributed by atoms with Crippen molar-refractivity contribution in [1.29, 1.82) is 0 Å². The Hall–Kier alpha value is -1.60. The summed E-state index contributed by atoms with van der Waals surface area (Å²) in [7, 11) is 3.09. The highest BCUT2D eigenvalue weighted by Gasteiger charge is 2.21. The van der Waals surface area contributed by atoms with Gasteiger partial charge in [-0.3, -0.25) is 0 Å². The second-order valence-electron chi connectivity index (χ2n) is 3.50. The average molecular weight is 314 g/mol. The third-order valence-corrected chi connectivity index (χ3v) is 3.28. The van der Waals surface area contributed by atoms with Gasteiger partial charge in [0.05, 0.1) is 20.4 Å². The van der Waals surface area contributed by atoms with E-state index < -0.39 is 6.10 Å². The van der Waals surface area contributed by atoms with E-state index in [4.69, 9.17) is 9.47 Å². The molecule has 0 radical (unpaired) electrons. The van der Waals surface area contributed by atoms with Gasteiger partial charge in [0.2, 0.25) is 0 Å². The van der Waals surface area contributed by atoms with Gasteiger partial charge >= 0.3 is 0 Å². The number of nitrogens with one attached hydrogen (secondary N) is 1. The molecule has 2 aromatic rings. The van der Waals surface area contributed by atoms with Crippen molar-refractivity contribution < 1.29 is 14.6 Å². The van der Waals surface area contributed by atoms with Gasteiger partial charge in [0.1, 0.15) is 27.8 Å². The summed E-state index contributed by atoms with van der Waals surface area (Å²) in [5.74, 6) is 1.13. The van der Waals surface area contributed by atoms with Gasteiger partial charge in [0.25, 0.3) is 0 Å². The van der Waals surface area contributed by atoms with Gasteiger partial charge in [-0.05, 0) is 28.1 Å². The Morgan fingerprint density at radius 1 is 1.33 bits per heavy atom. The Morgan fingerprint density at radius 2 is 2.11 bits per heavy atom. The van der Waals surface area contributed by atoms with Crippen LogP contribution in [0.1, 0.15) is 17.4 Å². The normalized spacial score (nSPS) is 12.2. The van der Waals surface area contributed by atoms with Crippen LogP contribution < -0.4 is 9.47 Å². The molecule has 0 fully saturated rings. The Bertz CT molecular complexity index is 531. The van der Waals surface area contributed by atoms with E-state index in [-0.39, 0.29) is 0 Å². The molecular weight excluding hydrogens is 302 g/mol. The van der Waals surface area contributed by atoms with E-state index in [1.165, 1.54) is 13.3 Å². The van der Waals surface area contributed by atoms with E-state index in [9.17, 15) is 5.11 Å². The van der Waals surface area contributed by atoms with E-state index in [2.05, 4.69) is 31.3 Å². The zero-order valence-corrected chi connectivity index (χ0v) is 11.4. The monoisotopic (exact) mass is 313 g/mol. The molecule has 2 rings (SSSR count). The number of aliphatic hydroxyl groups is 1. The highest BCUT2D eigenvalue weighted by molar-refractivity contribution is 9.10. The van der Waals surface area contributed by atoms with Crippen LogP contribution in [0.25, 0.3) is 0 Å². The number of aromatic amines is 1. The predicted octanol–water partition coefficient (Wildman–Crippen LogP) is 1.67. The van der Waals surface area contributed by atoms with Crippen molar-refractivity contribution in [2.45, 2.75) is 6.10 Å². The lowest BCUT2D eigenvalue weighted by Gasteiger charge is -2.16. The van der Waals surface area contributed by atoms with Gasteiger partial charge in [-0.2, -0.15) is 15.4 Å². The summed E-state index contributed by atoms with van der Waals surface area (Å²) in [5, 5.41) is 20.2. The smallest absolute Gasteiger partial charge is 0.143 e. The Balaban J connectivity index is 2.48. The standard InChI is InChI=1S/C11H12BrN3O3/c1-17-8-4-3-6(11(18-2)9(8)12)10(16)7-5-13-15-14-7/h3-5,10,16H,1-2H3,(H,13,14,15). The number of hydrogen-bond acceptors (Lipinski definition) is 5. The SMILES string of the molecule is COc1ccc(C(O)c2cn[nH]n2)c(OC)c1Br. The fourth-order valence-electron chi connectivity index (χ4n) is 1.63. The van der Waals surface area contributed by atoms with Crippen LogP contribution in [0.15, 0.2) is 22.8 Å². The lowest BCUT2D eigenvalue weighted by Crippen LogP contribution is -2.04. The molecule has 2 N–H and O–H groups in total. The number of hydrogen-bond donors (Lipinski definition) is 2. The Labute approximate surface area is 112 Å². The molecule has 1 aromatic heterocycles. The number of benzene rings is 1. The third kappa shape index (κ3) is 2.19. The maximum Gasteiger partial charge on any atom is 0.143 e. The molecule has 0 aliphatic heterocycles. The third-order valence-electron chi connectivity index (χ3n) is 2.52. The van der Waals surface area contributed by atoms with Crippen molar-refractivity contribution in [2.75, 3.05) is 14.2 Å². The number of ether oxygens (including phenoxy) is 2. The molecule has 0 amide bonds. The van der Waals surface area contributed by atoms with Crippen LogP contribution in [0.3, 0.4) is 0 Å². The number of aromatic nitrogens is 3. The molecule has 96 valence electrons. The lowest BCUT2D eigenvalue weighted by molar-refractivity contribution is 0.209. The molecule has 1 atom stereocenters. The molecule has 1 unspecified atom stereocenters. The summed E-state index contributed by atoms with van der Waals surface area (Å²) in [6.45, 7) is 0. The lowest BCUT2D eigenvalue weighted by atomic mass is 10.1. The maximum absolute atomic E-state index is 10.2. The quantitative estimate of drug-likeness (QED) is 0.897. The molecule has 0 bridgehead atoms. The Kier molecular flexibility index (Phi) is 3.83. The highest BCUT2D eigenvalue weighted by Crippen LogP contribution is 2.40. The van der Waals surface area contributed by atoms with Crippen LogP contribution in [0, 0.1) is 0 Å². The number of H-pyrrole nitrogens is 1. The van der Waals surface area contributed by atoms with Crippen molar-refractivity contribution in [1.82, 2.24) is 15.4 Å². The maximum atomic E-state index is 10.2. The van der Waals surface area contributed by atoms with Gasteiger partial charge in [0.15, 0.2) is 0 Å². The number of nitrogens with zero attached hydrogens (tertiary/aromatic N) is 2. The molecule has 0 saturated carbocycles. The number of aliphatic hydroxyl groups excluding tert-OH is 1. The Morgan fingerprint density at radius 3 is 2.67 bits per heavy atom. The van der Waals surface area contributed by atoms with E-state index >= 15 is 0 Å². The largest absolute Gasteiger partial charge is 0.495 e. The molecule has 1 heterocycles. The first kappa shape index (κ1) is 12.8. The van der Waals surface area contributed by atoms with Crippen LogP contribution in [-0.2, 0) is 0 Å². The minimum Gasteiger partial charge on any atom is -0.495 e. The summed E-state index contributed by atoms with van der Waals surface area (Å²) in [6, 6.07) is 3.47. The summed E-state index contributed by atoms with van der Waals surface area (Å²) in [4.78, 5) is 0. The first-order chi connectivity index (χ1) is 8.69. The van der Waals surface area contributed by atoms with Crippen LogP contribution in [0.5, 0.6) is 11.5 Å². The van der Waals surface area contributed by atoms with Crippen LogP contribution in [0.4, 0.5) is 0 Å². The molecular formula is C11H12BrN3O3. The van der Waals surface area contributed by atoms with Gasteiger partial charge in [-0.15, -0.1) is 0 Å². The summed E-state index contributed by atoms with van der Waals surface area (Å²) in [5.41, 5.74) is 1.00. The van der Waals surface area contributed by atoms with Crippen molar-refractivity contribution in [2.24, 2.45) is 0 Å². The number of methoxy groups -OCH3 is 2. The molecule has 7 heteroatoms. The summed E-state index contributed by atoms with van der Waals surface area (Å²) >= 11 is 3.38. The van der Waals surface area contributed by atoms with Crippen molar-refractivity contribution in [3.8, 4) is 11.5 Å². The van der Waals surface area contributed by atoms with Crippen LogP contribution in [-0.4, -0.2) is 34.7 Å². The minimum absolute atomic E-state index is 0.422. The first-order valence-corrected chi connectivity index (χ1v) is 5.92. The van der Waals surface area contributed by atoms with Crippen LogP contribution >= 0.6 is 15.9 Å². The fourth-order valence-corrected chi connectivity index (χ4v) is 2.32. The molecule has 6 nitrogen and oxygen atoms in total. The fraction of sp³-hybridized carbons (Fsp3) is 0.273. The van der Waals surface area contributed by atoms with Gasteiger partial charge in [-0.25, -0.2) is 0 Å². The zero-order valence-electron chi connectivity index (χ0n) is 9.85. The highest BCUT2D eigenvalue weighted by atomic mass is 79.9. The number of rotatable bonds is 4. The predicted molar refractivity (Wildman–Crippen MR) is 67.7 cm³/mol. The van der Waals surface area contributed by atoms with Crippen molar-refractivity contribution in [3.05, 3.63) is 34.1 Å². The van der Waals surface area contributed by atoms with Gasteiger partial charge in [0, 0.05) is 5.56 Å². The first-order valence-electron chi connectivity index (χ1n) is 5.13. The van der Waals surface area contributed by atoms with Crippen molar-refractivity contribution in [3.63, 3.8) is 0 Å². The van der Waals surface area contributed by atoms with E-state index in [0.717, 1.165) is 0 Å². The molecule has 1 aromatic carbocycles. The molecule has 18 heavy (non-hydrogen) atoms. The summed E-state index contributed by atoms with van der Waals surface area (Å²) < 4.78 is 11.1. The molecule has 0 spiro atoms. The van der Waals surface area contributed by atoms with Crippen LogP contribution in [0.2, 0.25) is 0 Å².